The molecule has 0 bridgehead atoms. The highest BCUT2D eigenvalue weighted by atomic mass is 79.9. The Hall–Kier alpha value is -1.07. The molecule has 1 aliphatic rings. The van der Waals surface area contributed by atoms with Crippen molar-refractivity contribution in [1.82, 2.24) is 0 Å². The Labute approximate surface area is 108 Å². The Morgan fingerprint density at radius 1 is 1.59 bits per heavy atom. The van der Waals surface area contributed by atoms with Gasteiger partial charge in [0.05, 0.1) is 23.9 Å². The predicted octanol–water partition coefficient (Wildman–Crippen LogP) is 2.37. The first-order valence-corrected chi connectivity index (χ1v) is 6.22. The summed E-state index contributed by atoms with van der Waals surface area (Å²) >= 11 is 3.29. The van der Waals surface area contributed by atoms with Crippen molar-refractivity contribution in [2.24, 2.45) is 0 Å². The molecule has 17 heavy (non-hydrogen) atoms. The second-order valence-corrected chi connectivity index (χ2v) is 5.01. The van der Waals surface area contributed by atoms with Crippen molar-refractivity contribution in [3.8, 4) is 0 Å². The molecule has 1 aromatic carbocycles. The Balaban J connectivity index is 2.33. The quantitative estimate of drug-likeness (QED) is 0.931. The van der Waals surface area contributed by atoms with E-state index in [4.69, 9.17) is 4.74 Å². The third kappa shape index (κ3) is 2.61. The second kappa shape index (κ2) is 5.06. The summed E-state index contributed by atoms with van der Waals surface area (Å²) in [5.74, 6) is -0.910. The molecular formula is C12H14BrNO3. The van der Waals surface area contributed by atoms with Crippen molar-refractivity contribution in [2.45, 2.75) is 12.5 Å². The van der Waals surface area contributed by atoms with Crippen LogP contribution in [-0.4, -0.2) is 37.4 Å². The minimum Gasteiger partial charge on any atom is -0.478 e. The first-order valence-electron chi connectivity index (χ1n) is 5.43. The summed E-state index contributed by atoms with van der Waals surface area (Å²) in [5, 5.41) is 9.20. The van der Waals surface area contributed by atoms with E-state index in [1.54, 1.807) is 6.07 Å². The molecule has 0 saturated carbocycles. The lowest BCUT2D eigenvalue weighted by molar-refractivity contribution is 0.0697. The Morgan fingerprint density at radius 3 is 2.94 bits per heavy atom. The summed E-state index contributed by atoms with van der Waals surface area (Å²) in [6.07, 6.45) is 0.936. The summed E-state index contributed by atoms with van der Waals surface area (Å²) < 4.78 is 6.10. The number of carboxylic acids is 1. The average Bonchev–Trinajstić information content (AvgIpc) is 2.81. The Kier molecular flexibility index (Phi) is 3.69. The van der Waals surface area contributed by atoms with Crippen LogP contribution in [0.5, 0.6) is 0 Å². The second-order valence-electron chi connectivity index (χ2n) is 4.09. The molecule has 1 saturated heterocycles. The number of carboxylic acid groups (broad SMARTS) is 1. The molecule has 1 aliphatic heterocycles. The molecule has 0 aliphatic carbocycles. The van der Waals surface area contributed by atoms with Crippen molar-refractivity contribution in [3.05, 3.63) is 28.2 Å². The van der Waals surface area contributed by atoms with Gasteiger partial charge in [0.2, 0.25) is 0 Å². The monoisotopic (exact) mass is 299 g/mol. The number of aromatic carboxylic acids is 1. The molecule has 0 radical (unpaired) electrons. The zero-order valence-electron chi connectivity index (χ0n) is 9.52. The summed E-state index contributed by atoms with van der Waals surface area (Å²) in [6.45, 7) is 1.40. The van der Waals surface area contributed by atoms with E-state index in [0.717, 1.165) is 23.2 Å². The third-order valence-electron chi connectivity index (χ3n) is 3.02. The lowest BCUT2D eigenvalue weighted by Gasteiger charge is -2.26. The number of rotatable bonds is 3. The maximum absolute atomic E-state index is 11.2. The molecule has 1 N–H and O–H groups in total. The normalized spacial score (nSPS) is 19.3. The smallest absolute Gasteiger partial charge is 0.337 e. The van der Waals surface area contributed by atoms with Crippen LogP contribution in [0.2, 0.25) is 0 Å². The molecule has 92 valence electrons. The van der Waals surface area contributed by atoms with Crippen molar-refractivity contribution >= 4 is 27.6 Å². The van der Waals surface area contributed by atoms with E-state index in [1.807, 2.05) is 24.1 Å². The molecule has 1 heterocycles. The van der Waals surface area contributed by atoms with Gasteiger partial charge in [-0.05, 0) is 24.6 Å². The minimum absolute atomic E-state index is 0.259. The van der Waals surface area contributed by atoms with Crippen LogP contribution >= 0.6 is 15.9 Å². The number of hydrogen-bond donors (Lipinski definition) is 1. The molecule has 2 rings (SSSR count). The van der Waals surface area contributed by atoms with Gasteiger partial charge in [-0.25, -0.2) is 4.79 Å². The molecule has 1 aromatic rings. The van der Waals surface area contributed by atoms with E-state index >= 15 is 0 Å². The lowest BCUT2D eigenvalue weighted by atomic mass is 10.1. The Bertz CT molecular complexity index is 430. The zero-order valence-corrected chi connectivity index (χ0v) is 11.1. The van der Waals surface area contributed by atoms with Gasteiger partial charge < -0.3 is 14.7 Å². The van der Waals surface area contributed by atoms with E-state index in [-0.39, 0.29) is 6.04 Å². The fourth-order valence-corrected chi connectivity index (χ4v) is 2.37. The SMILES string of the molecule is CN(c1ccc(Br)cc1C(=O)O)C1CCOC1. The summed E-state index contributed by atoms with van der Waals surface area (Å²) in [6, 6.07) is 5.57. The number of ether oxygens (including phenoxy) is 1. The van der Waals surface area contributed by atoms with Crippen molar-refractivity contribution in [2.75, 3.05) is 25.2 Å². The summed E-state index contributed by atoms with van der Waals surface area (Å²) in [7, 11) is 1.91. The first kappa shape index (κ1) is 12.4. The minimum atomic E-state index is -0.910. The van der Waals surface area contributed by atoms with E-state index < -0.39 is 5.97 Å². The molecule has 1 fully saturated rings. The molecule has 1 unspecified atom stereocenters. The van der Waals surface area contributed by atoms with Crippen molar-refractivity contribution in [1.29, 1.82) is 0 Å². The molecular weight excluding hydrogens is 286 g/mol. The van der Waals surface area contributed by atoms with Gasteiger partial charge in [-0.2, -0.15) is 0 Å². The molecule has 0 aromatic heterocycles. The van der Waals surface area contributed by atoms with Gasteiger partial charge in [0.15, 0.2) is 0 Å². The van der Waals surface area contributed by atoms with Gasteiger partial charge in [0.25, 0.3) is 0 Å². The molecule has 1 atom stereocenters. The van der Waals surface area contributed by atoms with Gasteiger partial charge in [-0.15, -0.1) is 0 Å². The highest BCUT2D eigenvalue weighted by molar-refractivity contribution is 9.10. The van der Waals surface area contributed by atoms with Crippen LogP contribution < -0.4 is 4.90 Å². The van der Waals surface area contributed by atoms with Crippen LogP contribution in [0.15, 0.2) is 22.7 Å². The number of anilines is 1. The van der Waals surface area contributed by atoms with Gasteiger partial charge in [0, 0.05) is 18.1 Å². The zero-order chi connectivity index (χ0) is 12.4. The Morgan fingerprint density at radius 2 is 2.35 bits per heavy atom. The highest BCUT2D eigenvalue weighted by Crippen LogP contribution is 2.27. The van der Waals surface area contributed by atoms with Crippen LogP contribution in [-0.2, 0) is 4.74 Å². The maximum Gasteiger partial charge on any atom is 0.337 e. The summed E-state index contributed by atoms with van der Waals surface area (Å²) in [4.78, 5) is 13.2. The van der Waals surface area contributed by atoms with E-state index in [0.29, 0.717) is 12.2 Å². The topological polar surface area (TPSA) is 49.8 Å². The van der Waals surface area contributed by atoms with Gasteiger partial charge >= 0.3 is 5.97 Å². The predicted molar refractivity (Wildman–Crippen MR) is 68.7 cm³/mol. The van der Waals surface area contributed by atoms with Crippen LogP contribution in [0, 0.1) is 0 Å². The van der Waals surface area contributed by atoms with E-state index in [1.165, 1.54) is 0 Å². The molecule has 0 amide bonds. The standard InChI is InChI=1S/C12H14BrNO3/c1-14(9-4-5-17-7-9)11-3-2-8(13)6-10(11)12(15)16/h2-3,6,9H,4-5,7H2,1H3,(H,15,16). The lowest BCUT2D eigenvalue weighted by Crippen LogP contribution is -2.32. The molecule has 0 spiro atoms. The average molecular weight is 300 g/mol. The molecule has 5 heteroatoms. The number of carbonyl (C=O) groups is 1. The number of likely N-dealkylation sites (N-methyl/N-ethyl adjacent to an activating group) is 1. The third-order valence-corrected chi connectivity index (χ3v) is 3.52. The maximum atomic E-state index is 11.2. The van der Waals surface area contributed by atoms with Gasteiger partial charge in [0.1, 0.15) is 0 Å². The number of benzene rings is 1. The van der Waals surface area contributed by atoms with Crippen molar-refractivity contribution < 1.29 is 14.6 Å². The number of halogens is 1. The largest absolute Gasteiger partial charge is 0.478 e. The number of nitrogens with zero attached hydrogens (tertiary/aromatic N) is 1. The van der Waals surface area contributed by atoms with Gasteiger partial charge in [-0.1, -0.05) is 15.9 Å². The fourth-order valence-electron chi connectivity index (χ4n) is 2.01. The van der Waals surface area contributed by atoms with Crippen LogP contribution in [0.3, 0.4) is 0 Å². The van der Waals surface area contributed by atoms with E-state index in [9.17, 15) is 9.90 Å². The summed E-state index contributed by atoms with van der Waals surface area (Å²) in [5.41, 5.74) is 1.05. The van der Waals surface area contributed by atoms with Crippen LogP contribution in [0.4, 0.5) is 5.69 Å². The molecule has 4 nitrogen and oxygen atoms in total. The number of hydrogen-bond acceptors (Lipinski definition) is 3. The van der Waals surface area contributed by atoms with Crippen LogP contribution in [0.1, 0.15) is 16.8 Å². The first-order chi connectivity index (χ1) is 8.09. The van der Waals surface area contributed by atoms with Gasteiger partial charge in [-0.3, -0.25) is 0 Å². The highest BCUT2D eigenvalue weighted by Gasteiger charge is 2.23. The van der Waals surface area contributed by atoms with Crippen molar-refractivity contribution in [3.63, 3.8) is 0 Å². The van der Waals surface area contributed by atoms with E-state index in [2.05, 4.69) is 15.9 Å². The van der Waals surface area contributed by atoms with Crippen LogP contribution in [0.25, 0.3) is 0 Å². The fraction of sp³-hybridized carbons (Fsp3) is 0.417.